The van der Waals surface area contributed by atoms with Crippen LogP contribution in [-0.2, 0) is 4.79 Å². The molecular weight excluding hydrogens is 232 g/mol. The molecule has 17 heavy (non-hydrogen) atoms. The Kier molecular flexibility index (Phi) is 3.77. The molecule has 0 unspecified atom stereocenters. The summed E-state index contributed by atoms with van der Waals surface area (Å²) in [7, 11) is 0. The number of nitrogens with one attached hydrogen (secondary N) is 1. The summed E-state index contributed by atoms with van der Waals surface area (Å²) in [6.07, 6.45) is 3.58. The van der Waals surface area contributed by atoms with Gasteiger partial charge in [0, 0.05) is 34.8 Å². The predicted molar refractivity (Wildman–Crippen MR) is 69.1 cm³/mol. The van der Waals surface area contributed by atoms with Crippen molar-refractivity contribution < 1.29 is 4.79 Å². The van der Waals surface area contributed by atoms with Gasteiger partial charge in [-0.05, 0) is 36.4 Å². The van der Waals surface area contributed by atoms with Crippen molar-refractivity contribution in [3.05, 3.63) is 48.8 Å². The van der Waals surface area contributed by atoms with Crippen LogP contribution in [-0.4, -0.2) is 10.9 Å². The van der Waals surface area contributed by atoms with E-state index in [4.69, 9.17) is 0 Å². The van der Waals surface area contributed by atoms with E-state index in [2.05, 4.69) is 10.3 Å². The molecule has 0 atom stereocenters. The van der Waals surface area contributed by atoms with Crippen LogP contribution in [0.2, 0.25) is 0 Å². The lowest BCUT2D eigenvalue weighted by Crippen LogP contribution is -2.05. The average Bonchev–Trinajstić information content (AvgIpc) is 2.32. The van der Waals surface area contributed by atoms with E-state index < -0.39 is 0 Å². The Bertz CT molecular complexity index is 497. The number of carbonyl (C=O) groups is 1. The van der Waals surface area contributed by atoms with Gasteiger partial charge in [-0.15, -0.1) is 0 Å². The Morgan fingerprint density at radius 2 is 1.94 bits per heavy atom. The molecule has 2 rings (SSSR count). The second-order valence-electron chi connectivity index (χ2n) is 3.50. The summed E-state index contributed by atoms with van der Waals surface area (Å²) in [5.74, 6) is -0.0577. The highest BCUT2D eigenvalue weighted by Gasteiger charge is 1.98. The number of carbonyl (C=O) groups excluding carboxylic acids is 1. The van der Waals surface area contributed by atoms with Gasteiger partial charge in [-0.3, -0.25) is 9.78 Å². The van der Waals surface area contributed by atoms with Crippen molar-refractivity contribution in [2.45, 2.75) is 16.7 Å². The fourth-order valence-electron chi connectivity index (χ4n) is 1.35. The molecule has 0 fully saturated rings. The number of hydrogen-bond donors (Lipinski definition) is 1. The number of rotatable bonds is 3. The molecule has 86 valence electrons. The second-order valence-corrected chi connectivity index (χ2v) is 4.64. The molecular formula is C13H12N2OS. The summed E-state index contributed by atoms with van der Waals surface area (Å²) in [5.41, 5.74) is 0.813. The average molecular weight is 244 g/mol. The lowest BCUT2D eigenvalue weighted by atomic mass is 10.3. The lowest BCUT2D eigenvalue weighted by molar-refractivity contribution is -0.114. The number of aromatic nitrogens is 1. The van der Waals surface area contributed by atoms with E-state index in [0.29, 0.717) is 0 Å². The molecule has 0 aliphatic carbocycles. The summed E-state index contributed by atoms with van der Waals surface area (Å²) in [5, 5.41) is 2.74. The van der Waals surface area contributed by atoms with Crippen molar-refractivity contribution in [1.82, 2.24) is 4.98 Å². The van der Waals surface area contributed by atoms with Crippen molar-refractivity contribution in [2.75, 3.05) is 5.32 Å². The Hall–Kier alpha value is -1.81. The van der Waals surface area contributed by atoms with Crippen molar-refractivity contribution in [3.8, 4) is 0 Å². The fourth-order valence-corrected chi connectivity index (χ4v) is 2.16. The van der Waals surface area contributed by atoms with E-state index in [1.807, 2.05) is 42.6 Å². The zero-order valence-corrected chi connectivity index (χ0v) is 10.2. The van der Waals surface area contributed by atoms with E-state index in [0.717, 1.165) is 15.5 Å². The molecule has 1 N–H and O–H groups in total. The standard InChI is InChI=1S/C13H12N2OS/c1-10(16)15-11-4-6-12(7-5-11)17-13-3-2-8-14-9-13/h2-9H,1H3,(H,15,16). The van der Waals surface area contributed by atoms with E-state index in [1.165, 1.54) is 6.92 Å². The second kappa shape index (κ2) is 5.50. The molecule has 1 aromatic carbocycles. The van der Waals surface area contributed by atoms with Gasteiger partial charge in [-0.2, -0.15) is 0 Å². The monoisotopic (exact) mass is 244 g/mol. The summed E-state index contributed by atoms with van der Waals surface area (Å²) >= 11 is 1.64. The minimum absolute atomic E-state index is 0.0577. The molecule has 2 aromatic rings. The third kappa shape index (κ3) is 3.60. The summed E-state index contributed by atoms with van der Waals surface area (Å²) < 4.78 is 0. The van der Waals surface area contributed by atoms with Crippen LogP contribution in [0.5, 0.6) is 0 Å². The normalized spacial score (nSPS) is 9.94. The smallest absolute Gasteiger partial charge is 0.221 e. The maximum absolute atomic E-state index is 10.9. The molecule has 0 saturated heterocycles. The Labute approximate surface area is 104 Å². The van der Waals surface area contributed by atoms with Crippen LogP contribution >= 0.6 is 11.8 Å². The van der Waals surface area contributed by atoms with Crippen molar-refractivity contribution in [3.63, 3.8) is 0 Å². The minimum Gasteiger partial charge on any atom is -0.326 e. The number of pyridine rings is 1. The van der Waals surface area contributed by atoms with E-state index in [-0.39, 0.29) is 5.91 Å². The minimum atomic E-state index is -0.0577. The van der Waals surface area contributed by atoms with Crippen LogP contribution in [0.3, 0.4) is 0 Å². The van der Waals surface area contributed by atoms with Crippen LogP contribution < -0.4 is 5.32 Å². The van der Waals surface area contributed by atoms with Gasteiger partial charge in [0.2, 0.25) is 5.91 Å². The van der Waals surface area contributed by atoms with E-state index in [1.54, 1.807) is 18.0 Å². The number of anilines is 1. The first-order valence-corrected chi connectivity index (χ1v) is 6.01. The third-order valence-electron chi connectivity index (χ3n) is 2.04. The topological polar surface area (TPSA) is 42.0 Å². The number of hydrogen-bond acceptors (Lipinski definition) is 3. The molecule has 1 heterocycles. The zero-order chi connectivity index (χ0) is 12.1. The van der Waals surface area contributed by atoms with Crippen molar-refractivity contribution in [1.29, 1.82) is 0 Å². The molecule has 0 spiro atoms. The fraction of sp³-hybridized carbons (Fsp3) is 0.0769. The molecule has 1 aromatic heterocycles. The highest BCUT2D eigenvalue weighted by Crippen LogP contribution is 2.27. The molecule has 3 nitrogen and oxygen atoms in total. The Morgan fingerprint density at radius 1 is 1.18 bits per heavy atom. The number of amides is 1. The zero-order valence-electron chi connectivity index (χ0n) is 9.38. The summed E-state index contributed by atoms with van der Waals surface area (Å²) in [6.45, 7) is 1.50. The lowest BCUT2D eigenvalue weighted by Gasteiger charge is -2.04. The molecule has 0 saturated carbocycles. The number of benzene rings is 1. The Morgan fingerprint density at radius 3 is 2.53 bits per heavy atom. The SMILES string of the molecule is CC(=O)Nc1ccc(Sc2cccnc2)cc1. The predicted octanol–water partition coefficient (Wildman–Crippen LogP) is 3.19. The maximum atomic E-state index is 10.9. The van der Waals surface area contributed by atoms with Crippen LogP contribution in [0, 0.1) is 0 Å². The third-order valence-corrected chi connectivity index (χ3v) is 3.03. The number of nitrogens with zero attached hydrogens (tertiary/aromatic N) is 1. The van der Waals surface area contributed by atoms with Gasteiger partial charge in [0.25, 0.3) is 0 Å². The van der Waals surface area contributed by atoms with Crippen LogP contribution in [0.1, 0.15) is 6.92 Å². The molecule has 0 radical (unpaired) electrons. The van der Waals surface area contributed by atoms with Gasteiger partial charge in [0.15, 0.2) is 0 Å². The highest BCUT2D eigenvalue weighted by molar-refractivity contribution is 7.99. The maximum Gasteiger partial charge on any atom is 0.221 e. The van der Waals surface area contributed by atoms with Crippen LogP contribution in [0.4, 0.5) is 5.69 Å². The quantitative estimate of drug-likeness (QED) is 0.901. The van der Waals surface area contributed by atoms with Crippen LogP contribution in [0.25, 0.3) is 0 Å². The molecule has 0 bridgehead atoms. The first kappa shape index (κ1) is 11.7. The first-order chi connectivity index (χ1) is 8.24. The van der Waals surface area contributed by atoms with Gasteiger partial charge < -0.3 is 5.32 Å². The van der Waals surface area contributed by atoms with Gasteiger partial charge in [-0.25, -0.2) is 0 Å². The van der Waals surface area contributed by atoms with Gasteiger partial charge in [0.1, 0.15) is 0 Å². The largest absolute Gasteiger partial charge is 0.326 e. The summed E-state index contributed by atoms with van der Waals surface area (Å²) in [6, 6.07) is 11.7. The molecule has 1 amide bonds. The summed E-state index contributed by atoms with van der Waals surface area (Å²) in [4.78, 5) is 17.1. The van der Waals surface area contributed by atoms with Crippen molar-refractivity contribution in [2.24, 2.45) is 0 Å². The Balaban J connectivity index is 2.06. The molecule has 0 aliphatic rings. The van der Waals surface area contributed by atoms with Crippen molar-refractivity contribution >= 4 is 23.4 Å². The van der Waals surface area contributed by atoms with E-state index in [9.17, 15) is 4.79 Å². The molecule has 0 aliphatic heterocycles. The molecule has 4 heteroatoms. The van der Waals surface area contributed by atoms with Gasteiger partial charge in [0.05, 0.1) is 0 Å². The van der Waals surface area contributed by atoms with Gasteiger partial charge >= 0.3 is 0 Å². The first-order valence-electron chi connectivity index (χ1n) is 5.19. The van der Waals surface area contributed by atoms with Gasteiger partial charge in [-0.1, -0.05) is 11.8 Å². The van der Waals surface area contributed by atoms with Crippen LogP contribution in [0.15, 0.2) is 58.6 Å². The highest BCUT2D eigenvalue weighted by atomic mass is 32.2. The van der Waals surface area contributed by atoms with E-state index >= 15 is 0 Å².